The number of sulfone groups is 1. The van der Waals surface area contributed by atoms with Gasteiger partial charge in [0.15, 0.2) is 0 Å². The van der Waals surface area contributed by atoms with Crippen LogP contribution in [0.1, 0.15) is 36.3 Å². The molecule has 1 amide bonds. The number of carboxylic acids is 1. The van der Waals surface area contributed by atoms with Gasteiger partial charge in [-0.05, 0) is 41.5 Å². The van der Waals surface area contributed by atoms with E-state index in [1.807, 2.05) is 48.5 Å². The summed E-state index contributed by atoms with van der Waals surface area (Å²) in [6.07, 6.45) is 1.18. The zero-order valence-electron chi connectivity index (χ0n) is 16.7. The van der Waals surface area contributed by atoms with Gasteiger partial charge in [0.25, 0.3) is 0 Å². The minimum absolute atomic E-state index is 0.00964. The largest absolute Gasteiger partial charge is 0.480 e. The summed E-state index contributed by atoms with van der Waals surface area (Å²) in [6, 6.07) is 14.8. The Morgan fingerprint density at radius 3 is 2.13 bits per heavy atom. The maximum atomic E-state index is 12.2. The van der Waals surface area contributed by atoms with Crippen LogP contribution >= 0.6 is 0 Å². The summed E-state index contributed by atoms with van der Waals surface area (Å²) in [7, 11) is -3.09. The molecule has 0 radical (unpaired) electrons. The van der Waals surface area contributed by atoms with Gasteiger partial charge < -0.3 is 15.2 Å². The van der Waals surface area contributed by atoms with Crippen LogP contribution in [-0.4, -0.2) is 50.2 Å². The van der Waals surface area contributed by atoms with Crippen molar-refractivity contribution in [3.63, 3.8) is 0 Å². The third kappa shape index (κ3) is 5.38. The minimum atomic E-state index is -3.09. The molecule has 0 heterocycles. The van der Waals surface area contributed by atoms with Crippen LogP contribution in [0.5, 0.6) is 0 Å². The van der Waals surface area contributed by atoms with Gasteiger partial charge >= 0.3 is 12.1 Å². The van der Waals surface area contributed by atoms with E-state index in [9.17, 15) is 23.1 Å². The second-order valence-electron chi connectivity index (χ2n) is 7.49. The highest BCUT2D eigenvalue weighted by molar-refractivity contribution is 7.90. The fraction of sp³-hybridized carbons (Fsp3) is 0.364. The molecule has 3 rings (SSSR count). The number of unbranched alkanes of at least 4 members (excludes halogenated alkanes) is 1. The van der Waals surface area contributed by atoms with Crippen LogP contribution in [0.4, 0.5) is 4.79 Å². The Morgan fingerprint density at radius 2 is 1.60 bits per heavy atom. The Labute approximate surface area is 176 Å². The minimum Gasteiger partial charge on any atom is -0.480 e. The number of ether oxygens (including phenoxy) is 1. The van der Waals surface area contributed by atoms with E-state index >= 15 is 0 Å². The van der Waals surface area contributed by atoms with Crippen LogP contribution in [-0.2, 0) is 19.4 Å². The van der Waals surface area contributed by atoms with Crippen LogP contribution in [0.25, 0.3) is 11.1 Å². The number of hydrogen-bond donors (Lipinski definition) is 2. The van der Waals surface area contributed by atoms with Crippen molar-refractivity contribution in [3.8, 4) is 11.1 Å². The highest BCUT2D eigenvalue weighted by Gasteiger charge is 2.29. The monoisotopic (exact) mass is 431 g/mol. The number of aliphatic carboxylic acids is 1. The van der Waals surface area contributed by atoms with E-state index in [0.717, 1.165) is 28.5 Å². The molecule has 30 heavy (non-hydrogen) atoms. The Balaban J connectivity index is 1.57. The van der Waals surface area contributed by atoms with Gasteiger partial charge in [-0.15, -0.1) is 0 Å². The molecule has 1 unspecified atom stereocenters. The number of hydrogen-bond acceptors (Lipinski definition) is 5. The fourth-order valence-electron chi connectivity index (χ4n) is 3.75. The van der Waals surface area contributed by atoms with E-state index in [0.29, 0.717) is 12.8 Å². The first kappa shape index (κ1) is 21.8. The molecule has 0 bridgehead atoms. The fourth-order valence-corrected chi connectivity index (χ4v) is 4.48. The summed E-state index contributed by atoms with van der Waals surface area (Å²) in [5, 5.41) is 11.7. The third-order valence-electron chi connectivity index (χ3n) is 5.19. The number of rotatable bonds is 9. The molecule has 2 aromatic rings. The lowest BCUT2D eigenvalue weighted by Crippen LogP contribution is -2.41. The smallest absolute Gasteiger partial charge is 0.407 e. The predicted octanol–water partition coefficient (Wildman–Crippen LogP) is 3.19. The van der Waals surface area contributed by atoms with E-state index in [4.69, 9.17) is 4.74 Å². The highest BCUT2D eigenvalue weighted by Crippen LogP contribution is 2.44. The first-order valence-corrected chi connectivity index (χ1v) is 11.8. The predicted molar refractivity (Wildman–Crippen MR) is 113 cm³/mol. The number of carboxylic acid groups (broad SMARTS) is 1. The SMILES string of the molecule is CS(=O)(=O)CCCCC(NC(=O)OCC1c2ccccc2-c2ccccc21)C(=O)O. The number of fused-ring (bicyclic) bond motifs is 3. The molecule has 0 aromatic heterocycles. The van der Waals surface area contributed by atoms with Crippen molar-refractivity contribution in [2.75, 3.05) is 18.6 Å². The zero-order valence-corrected chi connectivity index (χ0v) is 17.5. The van der Waals surface area contributed by atoms with E-state index < -0.39 is 27.9 Å². The van der Waals surface area contributed by atoms with Gasteiger partial charge in [-0.1, -0.05) is 48.5 Å². The van der Waals surface area contributed by atoms with Gasteiger partial charge in [-0.25, -0.2) is 18.0 Å². The molecule has 0 saturated carbocycles. The second kappa shape index (κ2) is 9.30. The summed E-state index contributed by atoms with van der Waals surface area (Å²) in [6.45, 7) is 0.0975. The average Bonchev–Trinajstić information content (AvgIpc) is 3.01. The first-order chi connectivity index (χ1) is 14.3. The Hall–Kier alpha value is -2.87. The zero-order chi connectivity index (χ0) is 21.7. The summed E-state index contributed by atoms with van der Waals surface area (Å²) in [5.74, 6) is -1.30. The molecule has 0 saturated heterocycles. The lowest BCUT2D eigenvalue weighted by molar-refractivity contribution is -0.139. The molecule has 2 aromatic carbocycles. The van der Waals surface area contributed by atoms with Gasteiger partial charge in [0, 0.05) is 17.9 Å². The standard InChI is InChI=1S/C22H25NO6S/c1-30(27,28)13-7-6-12-20(21(24)25)23-22(26)29-14-19-17-10-4-2-8-15(17)16-9-3-5-11-18(16)19/h2-5,8-11,19-20H,6-7,12-14H2,1H3,(H,23,26)(H,24,25). The van der Waals surface area contributed by atoms with Crippen molar-refractivity contribution in [3.05, 3.63) is 59.7 Å². The first-order valence-electron chi connectivity index (χ1n) is 9.78. The third-order valence-corrected chi connectivity index (χ3v) is 6.22. The van der Waals surface area contributed by atoms with Crippen LogP contribution in [0.2, 0.25) is 0 Å². The van der Waals surface area contributed by atoms with E-state index in [-0.39, 0.29) is 24.7 Å². The number of carbonyl (C=O) groups is 2. The van der Waals surface area contributed by atoms with E-state index in [1.165, 1.54) is 0 Å². The number of amides is 1. The quantitative estimate of drug-likeness (QED) is 0.590. The van der Waals surface area contributed by atoms with Gasteiger partial charge in [0.1, 0.15) is 22.5 Å². The van der Waals surface area contributed by atoms with Crippen molar-refractivity contribution >= 4 is 21.9 Å². The van der Waals surface area contributed by atoms with Gasteiger partial charge in [0.05, 0.1) is 0 Å². The second-order valence-corrected chi connectivity index (χ2v) is 9.75. The molecular formula is C22H25NO6S. The summed E-state index contributed by atoms with van der Waals surface area (Å²) in [4.78, 5) is 23.7. The summed E-state index contributed by atoms with van der Waals surface area (Å²) < 4.78 is 27.7. The number of benzene rings is 2. The van der Waals surface area contributed by atoms with Crippen molar-refractivity contribution in [2.45, 2.75) is 31.2 Å². The van der Waals surface area contributed by atoms with Crippen LogP contribution in [0.15, 0.2) is 48.5 Å². The van der Waals surface area contributed by atoms with Crippen molar-refractivity contribution in [2.24, 2.45) is 0 Å². The van der Waals surface area contributed by atoms with Crippen molar-refractivity contribution in [1.82, 2.24) is 5.32 Å². The number of alkyl carbamates (subject to hydrolysis) is 1. The molecule has 1 aliphatic carbocycles. The van der Waals surface area contributed by atoms with Crippen molar-refractivity contribution < 1.29 is 27.9 Å². The number of carbonyl (C=O) groups excluding carboxylic acids is 1. The summed E-state index contributed by atoms with van der Waals surface area (Å²) in [5.41, 5.74) is 4.36. The number of nitrogens with one attached hydrogen (secondary N) is 1. The molecule has 1 atom stereocenters. The highest BCUT2D eigenvalue weighted by atomic mass is 32.2. The van der Waals surface area contributed by atoms with Gasteiger partial charge in [-0.3, -0.25) is 0 Å². The molecule has 0 fully saturated rings. The Morgan fingerprint density at radius 1 is 1.03 bits per heavy atom. The van der Waals surface area contributed by atoms with E-state index in [2.05, 4.69) is 5.32 Å². The molecule has 0 spiro atoms. The molecule has 0 aliphatic heterocycles. The Kier molecular flexibility index (Phi) is 6.77. The maximum Gasteiger partial charge on any atom is 0.407 e. The topological polar surface area (TPSA) is 110 Å². The van der Waals surface area contributed by atoms with Crippen LogP contribution < -0.4 is 5.32 Å². The van der Waals surface area contributed by atoms with E-state index in [1.54, 1.807) is 0 Å². The molecule has 1 aliphatic rings. The Bertz CT molecular complexity index is 988. The van der Waals surface area contributed by atoms with Crippen LogP contribution in [0, 0.1) is 0 Å². The molecular weight excluding hydrogens is 406 g/mol. The summed E-state index contributed by atoms with van der Waals surface area (Å²) >= 11 is 0. The molecule has 7 nitrogen and oxygen atoms in total. The normalized spacial score (nSPS) is 13.9. The molecule has 8 heteroatoms. The van der Waals surface area contributed by atoms with Gasteiger partial charge in [0.2, 0.25) is 0 Å². The molecule has 2 N–H and O–H groups in total. The van der Waals surface area contributed by atoms with Crippen LogP contribution in [0.3, 0.4) is 0 Å². The lowest BCUT2D eigenvalue weighted by Gasteiger charge is -2.17. The average molecular weight is 432 g/mol. The lowest BCUT2D eigenvalue weighted by atomic mass is 9.98. The van der Waals surface area contributed by atoms with Gasteiger partial charge in [-0.2, -0.15) is 0 Å². The van der Waals surface area contributed by atoms with Crippen molar-refractivity contribution in [1.29, 1.82) is 0 Å². The molecule has 160 valence electrons. The maximum absolute atomic E-state index is 12.2.